The van der Waals surface area contributed by atoms with Gasteiger partial charge in [0.1, 0.15) is 5.54 Å². The van der Waals surface area contributed by atoms with Gasteiger partial charge in [-0.2, -0.15) is 0 Å². The van der Waals surface area contributed by atoms with Gasteiger partial charge in [-0.15, -0.1) is 0 Å². The van der Waals surface area contributed by atoms with Crippen LogP contribution in [0, 0.1) is 0 Å². The van der Waals surface area contributed by atoms with Gasteiger partial charge in [0.15, 0.2) is 0 Å². The minimum absolute atomic E-state index is 0.638. The third-order valence-corrected chi connectivity index (χ3v) is 4.23. The smallest absolute Gasteiger partial charge is 0.323 e. The summed E-state index contributed by atoms with van der Waals surface area (Å²) in [5, 5.41) is 12.5. The van der Waals surface area contributed by atoms with Crippen molar-refractivity contribution >= 4 is 5.97 Å². The number of carboxylic acids is 1. The molecule has 5 nitrogen and oxygen atoms in total. The van der Waals surface area contributed by atoms with Gasteiger partial charge in [0.05, 0.1) is 0 Å². The van der Waals surface area contributed by atoms with Crippen molar-refractivity contribution in [1.29, 1.82) is 0 Å². The number of carboxylic acid groups (broad SMARTS) is 1. The first-order chi connectivity index (χ1) is 9.48. The number of likely N-dealkylation sites (N-methyl/N-ethyl adjacent to an activating group) is 1. The SMILES string of the molecule is CCCNC(C)(CCN(C)CCN1CCCC1)C(=O)O. The summed E-state index contributed by atoms with van der Waals surface area (Å²) in [5.41, 5.74) is -0.808. The minimum Gasteiger partial charge on any atom is -0.480 e. The molecule has 1 rings (SSSR count). The average Bonchev–Trinajstić information content (AvgIpc) is 2.93. The number of rotatable bonds is 10. The molecule has 1 fully saturated rings. The molecule has 0 aromatic carbocycles. The fourth-order valence-electron chi connectivity index (χ4n) is 2.52. The number of carbonyl (C=O) groups is 1. The standard InChI is InChI=1S/C15H31N3O2/c1-4-8-16-15(2,14(19)20)7-11-17(3)12-13-18-9-5-6-10-18/h16H,4-13H2,1-3H3,(H,19,20). The van der Waals surface area contributed by atoms with E-state index in [0.29, 0.717) is 6.42 Å². The molecule has 0 amide bonds. The normalized spacial score (nSPS) is 19.4. The average molecular weight is 285 g/mol. The van der Waals surface area contributed by atoms with Gasteiger partial charge in [-0.3, -0.25) is 4.79 Å². The number of aliphatic carboxylic acids is 1. The van der Waals surface area contributed by atoms with Crippen LogP contribution in [0.5, 0.6) is 0 Å². The number of hydrogen-bond donors (Lipinski definition) is 2. The van der Waals surface area contributed by atoms with E-state index < -0.39 is 11.5 Å². The van der Waals surface area contributed by atoms with Crippen molar-refractivity contribution in [1.82, 2.24) is 15.1 Å². The topological polar surface area (TPSA) is 55.8 Å². The molecule has 5 heteroatoms. The predicted molar refractivity (Wildman–Crippen MR) is 82.1 cm³/mol. The molecule has 1 unspecified atom stereocenters. The third-order valence-electron chi connectivity index (χ3n) is 4.23. The zero-order valence-corrected chi connectivity index (χ0v) is 13.3. The summed E-state index contributed by atoms with van der Waals surface area (Å²) in [6.07, 6.45) is 4.23. The second-order valence-corrected chi connectivity index (χ2v) is 6.17. The molecule has 20 heavy (non-hydrogen) atoms. The van der Waals surface area contributed by atoms with Gasteiger partial charge < -0.3 is 20.2 Å². The van der Waals surface area contributed by atoms with Crippen molar-refractivity contribution < 1.29 is 9.90 Å². The Morgan fingerprint density at radius 3 is 2.55 bits per heavy atom. The van der Waals surface area contributed by atoms with Crippen LogP contribution in [0.1, 0.15) is 39.5 Å². The number of nitrogens with zero attached hydrogens (tertiary/aromatic N) is 2. The Kier molecular flexibility index (Phi) is 7.48. The van der Waals surface area contributed by atoms with Crippen LogP contribution in [0.15, 0.2) is 0 Å². The van der Waals surface area contributed by atoms with Gasteiger partial charge in [-0.1, -0.05) is 6.92 Å². The molecule has 0 bridgehead atoms. The van der Waals surface area contributed by atoms with Crippen molar-refractivity contribution in [2.75, 3.05) is 46.3 Å². The van der Waals surface area contributed by atoms with Gasteiger partial charge in [0.2, 0.25) is 0 Å². The maximum Gasteiger partial charge on any atom is 0.323 e. The summed E-state index contributed by atoms with van der Waals surface area (Å²) in [6.45, 7) is 9.97. The monoisotopic (exact) mass is 285 g/mol. The molecule has 0 radical (unpaired) electrons. The van der Waals surface area contributed by atoms with Gasteiger partial charge in [0.25, 0.3) is 0 Å². The number of hydrogen-bond acceptors (Lipinski definition) is 4. The summed E-state index contributed by atoms with van der Waals surface area (Å²) in [4.78, 5) is 16.1. The predicted octanol–water partition coefficient (Wildman–Crippen LogP) is 1.25. The Hall–Kier alpha value is -0.650. The number of nitrogens with one attached hydrogen (secondary N) is 1. The highest BCUT2D eigenvalue weighted by Crippen LogP contribution is 2.11. The van der Waals surface area contributed by atoms with E-state index in [2.05, 4.69) is 29.1 Å². The molecule has 1 heterocycles. The molecule has 118 valence electrons. The van der Waals surface area contributed by atoms with E-state index in [1.807, 2.05) is 0 Å². The van der Waals surface area contributed by atoms with Gasteiger partial charge in [-0.05, 0) is 59.3 Å². The van der Waals surface area contributed by atoms with Crippen molar-refractivity contribution in [3.05, 3.63) is 0 Å². The lowest BCUT2D eigenvalue weighted by Gasteiger charge is -2.29. The van der Waals surface area contributed by atoms with E-state index in [-0.39, 0.29) is 0 Å². The van der Waals surface area contributed by atoms with E-state index in [9.17, 15) is 9.90 Å². The highest BCUT2D eigenvalue weighted by Gasteiger charge is 2.32. The molecule has 0 saturated carbocycles. The largest absolute Gasteiger partial charge is 0.480 e. The summed E-state index contributed by atoms with van der Waals surface area (Å²) in [7, 11) is 2.08. The fourth-order valence-corrected chi connectivity index (χ4v) is 2.52. The van der Waals surface area contributed by atoms with E-state index >= 15 is 0 Å². The Morgan fingerprint density at radius 2 is 2.00 bits per heavy atom. The van der Waals surface area contributed by atoms with Crippen molar-refractivity contribution in [3.63, 3.8) is 0 Å². The summed E-state index contributed by atoms with van der Waals surface area (Å²) < 4.78 is 0. The molecule has 2 N–H and O–H groups in total. The minimum atomic E-state index is -0.808. The highest BCUT2D eigenvalue weighted by atomic mass is 16.4. The lowest BCUT2D eigenvalue weighted by atomic mass is 9.97. The van der Waals surface area contributed by atoms with E-state index in [1.165, 1.54) is 25.9 Å². The van der Waals surface area contributed by atoms with Crippen molar-refractivity contribution in [2.45, 2.75) is 45.1 Å². The maximum absolute atomic E-state index is 11.4. The van der Waals surface area contributed by atoms with E-state index in [1.54, 1.807) is 6.92 Å². The van der Waals surface area contributed by atoms with Crippen LogP contribution in [-0.4, -0.2) is 72.7 Å². The second-order valence-electron chi connectivity index (χ2n) is 6.17. The summed E-state index contributed by atoms with van der Waals surface area (Å²) in [5.74, 6) is -0.751. The van der Waals surface area contributed by atoms with Gasteiger partial charge in [0, 0.05) is 19.6 Å². The first kappa shape index (κ1) is 17.4. The Balaban J connectivity index is 2.28. The molecular weight excluding hydrogens is 254 g/mol. The van der Waals surface area contributed by atoms with Gasteiger partial charge in [-0.25, -0.2) is 0 Å². The molecular formula is C15H31N3O2. The summed E-state index contributed by atoms with van der Waals surface area (Å²) >= 11 is 0. The highest BCUT2D eigenvalue weighted by molar-refractivity contribution is 5.78. The van der Waals surface area contributed by atoms with Crippen LogP contribution in [0.2, 0.25) is 0 Å². The van der Waals surface area contributed by atoms with Crippen LogP contribution in [-0.2, 0) is 4.79 Å². The van der Waals surface area contributed by atoms with Crippen LogP contribution in [0.3, 0.4) is 0 Å². The number of likely N-dealkylation sites (tertiary alicyclic amines) is 1. The molecule has 0 aliphatic carbocycles. The first-order valence-electron chi connectivity index (χ1n) is 7.87. The molecule has 0 aromatic heterocycles. The van der Waals surface area contributed by atoms with Crippen LogP contribution < -0.4 is 5.32 Å². The van der Waals surface area contributed by atoms with Crippen LogP contribution in [0.25, 0.3) is 0 Å². The van der Waals surface area contributed by atoms with Gasteiger partial charge >= 0.3 is 5.97 Å². The lowest BCUT2D eigenvalue weighted by molar-refractivity contribution is -0.144. The quantitative estimate of drug-likeness (QED) is 0.632. The molecule has 1 aliphatic rings. The van der Waals surface area contributed by atoms with Crippen molar-refractivity contribution in [2.24, 2.45) is 0 Å². The lowest BCUT2D eigenvalue weighted by Crippen LogP contribution is -2.51. The Morgan fingerprint density at radius 1 is 1.35 bits per heavy atom. The molecule has 1 saturated heterocycles. The zero-order valence-electron chi connectivity index (χ0n) is 13.3. The third kappa shape index (κ3) is 5.77. The fraction of sp³-hybridized carbons (Fsp3) is 0.933. The zero-order chi connectivity index (χ0) is 15.0. The van der Waals surface area contributed by atoms with E-state index in [0.717, 1.165) is 32.6 Å². The molecule has 0 spiro atoms. The van der Waals surface area contributed by atoms with E-state index in [4.69, 9.17) is 0 Å². The first-order valence-corrected chi connectivity index (χ1v) is 7.87. The van der Waals surface area contributed by atoms with Crippen molar-refractivity contribution in [3.8, 4) is 0 Å². The maximum atomic E-state index is 11.4. The second kappa shape index (κ2) is 8.60. The Labute approximate surface area is 123 Å². The Bertz CT molecular complexity index is 293. The molecule has 0 aromatic rings. The molecule has 1 aliphatic heterocycles. The molecule has 1 atom stereocenters. The van der Waals surface area contributed by atoms with Crippen LogP contribution >= 0.6 is 0 Å². The summed E-state index contributed by atoms with van der Waals surface area (Å²) in [6, 6.07) is 0. The van der Waals surface area contributed by atoms with Crippen LogP contribution in [0.4, 0.5) is 0 Å².